The molecule has 2 N–H and O–H groups in total. The molecule has 34 heavy (non-hydrogen) atoms. The lowest BCUT2D eigenvalue weighted by molar-refractivity contribution is -0.117. The zero-order valence-corrected chi connectivity index (χ0v) is 20.4. The zero-order valence-electron chi connectivity index (χ0n) is 18.7. The van der Waals surface area contributed by atoms with Crippen molar-refractivity contribution in [3.8, 4) is 10.4 Å². The molecule has 4 aromatic rings. The smallest absolute Gasteiger partial charge is 0.260 e. The summed E-state index contributed by atoms with van der Waals surface area (Å²) in [6.07, 6.45) is 0. The summed E-state index contributed by atoms with van der Waals surface area (Å²) < 4.78 is 5.39. The predicted octanol–water partition coefficient (Wildman–Crippen LogP) is 3.62. The summed E-state index contributed by atoms with van der Waals surface area (Å²) in [5, 5.41) is 7.53. The number of aromatic nitrogens is 2. The van der Waals surface area contributed by atoms with Crippen molar-refractivity contribution in [1.82, 2.24) is 14.9 Å². The monoisotopic (exact) mass is 495 g/mol. The molecule has 1 fully saturated rings. The van der Waals surface area contributed by atoms with Crippen LogP contribution < -0.4 is 15.8 Å². The standard InChI is InChI=1S/C24H25N5O3S2/c1-28(14-21(30)25-16-4-6-17(7-5-16)29-8-10-32-11-9-29)13-20-26-23(31)22-18(15-34-24(22)27-20)19-3-2-12-33-19/h2-7,12,15H,8-11,13-14H2,1H3,(H,25,30)(H,26,27,31). The lowest BCUT2D eigenvalue weighted by Gasteiger charge is -2.28. The Balaban J connectivity index is 1.20. The van der Waals surface area contributed by atoms with Crippen LogP contribution in [0.5, 0.6) is 0 Å². The number of hydrogen-bond acceptors (Lipinski definition) is 8. The number of amides is 1. The number of morpholine rings is 1. The molecule has 176 valence electrons. The maximum atomic E-state index is 12.8. The van der Waals surface area contributed by atoms with Gasteiger partial charge in [0.15, 0.2) is 0 Å². The van der Waals surface area contributed by atoms with Crippen molar-refractivity contribution in [1.29, 1.82) is 0 Å². The van der Waals surface area contributed by atoms with Crippen LogP contribution in [0.4, 0.5) is 11.4 Å². The summed E-state index contributed by atoms with van der Waals surface area (Å²) in [4.78, 5) is 38.7. The van der Waals surface area contributed by atoms with E-state index in [1.54, 1.807) is 11.3 Å². The summed E-state index contributed by atoms with van der Waals surface area (Å²) in [5.74, 6) is 0.420. The molecule has 0 radical (unpaired) electrons. The number of nitrogens with zero attached hydrogens (tertiary/aromatic N) is 3. The van der Waals surface area contributed by atoms with Crippen LogP contribution in [0.25, 0.3) is 20.7 Å². The Morgan fingerprint density at radius 2 is 2.00 bits per heavy atom. The number of fused-ring (bicyclic) bond motifs is 1. The first kappa shape index (κ1) is 22.7. The Hall–Kier alpha value is -3.05. The summed E-state index contributed by atoms with van der Waals surface area (Å²) in [5.41, 5.74) is 2.65. The number of carbonyl (C=O) groups is 1. The van der Waals surface area contributed by atoms with E-state index in [0.717, 1.165) is 48.1 Å². The average molecular weight is 496 g/mol. The van der Waals surface area contributed by atoms with E-state index in [4.69, 9.17) is 4.74 Å². The van der Waals surface area contributed by atoms with Crippen LogP contribution >= 0.6 is 22.7 Å². The number of hydrogen-bond donors (Lipinski definition) is 2. The average Bonchev–Trinajstić information content (AvgIpc) is 3.50. The number of benzene rings is 1. The van der Waals surface area contributed by atoms with E-state index in [-0.39, 0.29) is 18.0 Å². The molecule has 1 saturated heterocycles. The molecule has 0 atom stereocenters. The fourth-order valence-corrected chi connectivity index (χ4v) is 5.80. The van der Waals surface area contributed by atoms with Crippen LogP contribution in [-0.2, 0) is 16.1 Å². The molecule has 1 aromatic carbocycles. The molecular weight excluding hydrogens is 470 g/mol. The molecule has 0 unspecified atom stereocenters. The molecule has 0 saturated carbocycles. The van der Waals surface area contributed by atoms with Gasteiger partial charge in [-0.3, -0.25) is 14.5 Å². The zero-order chi connectivity index (χ0) is 23.5. The number of ether oxygens (including phenoxy) is 1. The van der Waals surface area contributed by atoms with Crippen molar-refractivity contribution in [3.63, 3.8) is 0 Å². The molecule has 10 heteroatoms. The minimum atomic E-state index is -0.150. The van der Waals surface area contributed by atoms with Gasteiger partial charge in [0.25, 0.3) is 5.56 Å². The Kier molecular flexibility index (Phi) is 6.73. The molecule has 1 aliphatic rings. The maximum absolute atomic E-state index is 12.8. The second-order valence-corrected chi connectivity index (χ2v) is 9.99. The van der Waals surface area contributed by atoms with E-state index in [2.05, 4.69) is 20.2 Å². The highest BCUT2D eigenvalue weighted by molar-refractivity contribution is 7.18. The molecule has 4 heterocycles. The predicted molar refractivity (Wildman–Crippen MR) is 138 cm³/mol. The SMILES string of the molecule is CN(CC(=O)Nc1ccc(N2CCOCC2)cc1)Cc1nc2scc(-c3cccs3)c2c(=O)[nH]1. The van der Waals surface area contributed by atoms with Gasteiger partial charge in [-0.05, 0) is 42.8 Å². The topological polar surface area (TPSA) is 90.6 Å². The second-order valence-electron chi connectivity index (χ2n) is 8.19. The maximum Gasteiger partial charge on any atom is 0.260 e. The first-order chi connectivity index (χ1) is 16.6. The van der Waals surface area contributed by atoms with Crippen molar-refractivity contribution in [2.45, 2.75) is 6.54 Å². The van der Waals surface area contributed by atoms with Gasteiger partial charge in [0.2, 0.25) is 5.91 Å². The van der Waals surface area contributed by atoms with Crippen LogP contribution in [0.1, 0.15) is 5.82 Å². The van der Waals surface area contributed by atoms with Gasteiger partial charge in [0.1, 0.15) is 10.7 Å². The molecule has 3 aromatic heterocycles. The van der Waals surface area contributed by atoms with Crippen LogP contribution in [0.2, 0.25) is 0 Å². The van der Waals surface area contributed by atoms with Gasteiger partial charge in [0.05, 0.1) is 31.7 Å². The van der Waals surface area contributed by atoms with E-state index < -0.39 is 0 Å². The fraction of sp³-hybridized carbons (Fsp3) is 0.292. The second kappa shape index (κ2) is 10.1. The lowest BCUT2D eigenvalue weighted by atomic mass is 10.2. The molecule has 5 rings (SSSR count). The Morgan fingerprint density at radius 3 is 2.74 bits per heavy atom. The highest BCUT2D eigenvalue weighted by Gasteiger charge is 2.16. The van der Waals surface area contributed by atoms with E-state index in [1.165, 1.54) is 11.3 Å². The first-order valence-electron chi connectivity index (χ1n) is 11.0. The molecule has 0 spiro atoms. The number of likely N-dealkylation sites (N-methyl/N-ethyl adjacent to an activating group) is 1. The summed E-state index contributed by atoms with van der Waals surface area (Å²) in [6, 6.07) is 11.8. The number of aromatic amines is 1. The van der Waals surface area contributed by atoms with Crippen LogP contribution in [0.15, 0.2) is 52.0 Å². The van der Waals surface area contributed by atoms with Crippen molar-refractivity contribution in [3.05, 3.63) is 63.3 Å². The quantitative estimate of drug-likeness (QED) is 0.407. The van der Waals surface area contributed by atoms with Crippen LogP contribution in [0, 0.1) is 0 Å². The van der Waals surface area contributed by atoms with Crippen molar-refractivity contribution in [2.75, 3.05) is 50.1 Å². The first-order valence-corrected chi connectivity index (χ1v) is 12.8. The van der Waals surface area contributed by atoms with Crippen LogP contribution in [0.3, 0.4) is 0 Å². The number of H-pyrrole nitrogens is 1. The fourth-order valence-electron chi connectivity index (χ4n) is 4.02. The molecular formula is C24H25N5O3S2. The minimum Gasteiger partial charge on any atom is -0.378 e. The number of nitrogens with one attached hydrogen (secondary N) is 2. The van der Waals surface area contributed by atoms with Gasteiger partial charge >= 0.3 is 0 Å². The molecule has 0 bridgehead atoms. The third-order valence-corrected chi connectivity index (χ3v) is 7.42. The van der Waals surface area contributed by atoms with Gasteiger partial charge in [-0.2, -0.15) is 0 Å². The van der Waals surface area contributed by atoms with Crippen molar-refractivity contribution in [2.24, 2.45) is 0 Å². The van der Waals surface area contributed by atoms with Gasteiger partial charge in [-0.25, -0.2) is 4.98 Å². The Labute approximate surface area is 204 Å². The molecule has 0 aliphatic carbocycles. The van der Waals surface area contributed by atoms with Crippen molar-refractivity contribution < 1.29 is 9.53 Å². The Morgan fingerprint density at radius 1 is 1.21 bits per heavy atom. The summed E-state index contributed by atoms with van der Waals surface area (Å²) in [6.45, 7) is 3.76. The van der Waals surface area contributed by atoms with Gasteiger partial charge < -0.3 is 19.9 Å². The van der Waals surface area contributed by atoms with E-state index in [1.807, 2.05) is 59.1 Å². The Bertz CT molecular complexity index is 1330. The number of thiophene rings is 2. The largest absolute Gasteiger partial charge is 0.378 e. The molecule has 1 aliphatic heterocycles. The van der Waals surface area contributed by atoms with E-state index in [0.29, 0.717) is 22.6 Å². The third-order valence-electron chi connectivity index (χ3n) is 5.64. The summed E-state index contributed by atoms with van der Waals surface area (Å²) in [7, 11) is 1.83. The summed E-state index contributed by atoms with van der Waals surface area (Å²) >= 11 is 3.06. The van der Waals surface area contributed by atoms with E-state index in [9.17, 15) is 9.59 Å². The van der Waals surface area contributed by atoms with Gasteiger partial charge in [-0.1, -0.05) is 6.07 Å². The minimum absolute atomic E-state index is 0.124. The molecule has 1 amide bonds. The van der Waals surface area contributed by atoms with Gasteiger partial charge in [0, 0.05) is 40.3 Å². The van der Waals surface area contributed by atoms with Crippen molar-refractivity contribution >= 4 is 50.2 Å². The highest BCUT2D eigenvalue weighted by Crippen LogP contribution is 2.33. The van der Waals surface area contributed by atoms with Crippen LogP contribution in [-0.4, -0.2) is 60.7 Å². The lowest BCUT2D eigenvalue weighted by Crippen LogP contribution is -2.36. The number of anilines is 2. The van der Waals surface area contributed by atoms with Gasteiger partial charge in [-0.15, -0.1) is 22.7 Å². The highest BCUT2D eigenvalue weighted by atomic mass is 32.1. The normalized spacial score (nSPS) is 14.1. The third kappa shape index (κ3) is 5.05. The molecule has 8 nitrogen and oxygen atoms in total. The number of rotatable bonds is 7. The van der Waals surface area contributed by atoms with E-state index >= 15 is 0 Å². The number of carbonyl (C=O) groups excluding carboxylic acids is 1.